The van der Waals surface area contributed by atoms with Gasteiger partial charge >= 0.3 is 0 Å². The fraction of sp³-hybridized carbons (Fsp3) is 0. The molecule has 0 aliphatic heterocycles. The molecule has 0 N–H and O–H groups in total. The monoisotopic (exact) mass is 380 g/mol. The van der Waals surface area contributed by atoms with Gasteiger partial charge in [-0.3, -0.25) is 0 Å². The molecule has 1 heterocycles. The van der Waals surface area contributed by atoms with E-state index < -0.39 is 0 Å². The lowest BCUT2D eigenvalue weighted by Gasteiger charge is -2.09. The van der Waals surface area contributed by atoms with Crippen LogP contribution in [0.25, 0.3) is 65.2 Å². The molecule has 2 heteroatoms. The van der Waals surface area contributed by atoms with Crippen molar-refractivity contribution in [3.05, 3.63) is 97.1 Å². The molecule has 0 fully saturated rings. The van der Waals surface area contributed by atoms with E-state index in [0.29, 0.717) is 0 Å². The van der Waals surface area contributed by atoms with Gasteiger partial charge in [0.05, 0.1) is 22.1 Å². The summed E-state index contributed by atoms with van der Waals surface area (Å²) >= 11 is 0. The predicted octanol–water partition coefficient (Wildman–Crippen LogP) is 7.40. The predicted molar refractivity (Wildman–Crippen MR) is 127 cm³/mol. The van der Waals surface area contributed by atoms with Crippen molar-refractivity contribution < 1.29 is 0 Å². The molecule has 7 rings (SSSR count). The van der Waals surface area contributed by atoms with Gasteiger partial charge in [-0.2, -0.15) is 0 Å². The highest BCUT2D eigenvalue weighted by molar-refractivity contribution is 6.15. The SMILES string of the molecule is c1ccc2cc3c(ccc4nc5ccc6cc7ccccc7cc6c5nc43)cc2c1. The molecule has 0 aliphatic rings. The third kappa shape index (κ3) is 2.19. The zero-order chi connectivity index (χ0) is 19.7. The maximum Gasteiger partial charge on any atom is 0.0973 e. The first-order valence-corrected chi connectivity index (χ1v) is 10.2. The van der Waals surface area contributed by atoms with Crippen molar-refractivity contribution in [2.75, 3.05) is 0 Å². The molecule has 2 nitrogen and oxygen atoms in total. The second kappa shape index (κ2) is 5.74. The molecule has 30 heavy (non-hydrogen) atoms. The Hall–Kier alpha value is -4.04. The molecule has 0 unspecified atom stereocenters. The molecule has 0 amide bonds. The molecule has 0 radical (unpaired) electrons. The van der Waals surface area contributed by atoms with E-state index in [0.717, 1.165) is 32.8 Å². The van der Waals surface area contributed by atoms with E-state index in [9.17, 15) is 0 Å². The van der Waals surface area contributed by atoms with Crippen LogP contribution in [0.15, 0.2) is 97.1 Å². The van der Waals surface area contributed by atoms with E-state index >= 15 is 0 Å². The molecule has 7 aromatic rings. The van der Waals surface area contributed by atoms with Crippen LogP contribution < -0.4 is 0 Å². The van der Waals surface area contributed by atoms with Crippen molar-refractivity contribution in [2.45, 2.75) is 0 Å². The van der Waals surface area contributed by atoms with Crippen molar-refractivity contribution in [3.63, 3.8) is 0 Å². The van der Waals surface area contributed by atoms with Gasteiger partial charge in [0.2, 0.25) is 0 Å². The fourth-order valence-electron chi connectivity index (χ4n) is 4.63. The van der Waals surface area contributed by atoms with Crippen LogP contribution in [0, 0.1) is 0 Å². The first kappa shape index (κ1) is 15.8. The van der Waals surface area contributed by atoms with Crippen LogP contribution in [-0.2, 0) is 0 Å². The molecule has 0 bridgehead atoms. The maximum absolute atomic E-state index is 5.19. The molecule has 0 aliphatic carbocycles. The van der Waals surface area contributed by atoms with Crippen LogP contribution in [0.3, 0.4) is 0 Å². The molecule has 0 saturated heterocycles. The largest absolute Gasteiger partial charge is 0.244 e. The van der Waals surface area contributed by atoms with Gasteiger partial charge in [0.15, 0.2) is 0 Å². The van der Waals surface area contributed by atoms with Crippen LogP contribution in [-0.4, -0.2) is 9.97 Å². The molecule has 6 aromatic carbocycles. The number of hydrogen-bond acceptors (Lipinski definition) is 2. The van der Waals surface area contributed by atoms with E-state index in [1.165, 1.54) is 32.3 Å². The Morgan fingerprint density at radius 2 is 0.800 bits per heavy atom. The van der Waals surface area contributed by atoms with Crippen molar-refractivity contribution in [1.29, 1.82) is 0 Å². The van der Waals surface area contributed by atoms with Crippen molar-refractivity contribution in [1.82, 2.24) is 9.97 Å². The highest BCUT2D eigenvalue weighted by Crippen LogP contribution is 2.32. The number of aromatic nitrogens is 2. The zero-order valence-electron chi connectivity index (χ0n) is 16.1. The van der Waals surface area contributed by atoms with Gasteiger partial charge in [0, 0.05) is 10.8 Å². The lowest BCUT2D eigenvalue weighted by atomic mass is 10.0. The summed E-state index contributed by atoms with van der Waals surface area (Å²) in [5.74, 6) is 0. The van der Waals surface area contributed by atoms with E-state index in [1.807, 2.05) is 0 Å². The highest BCUT2D eigenvalue weighted by atomic mass is 14.8. The summed E-state index contributed by atoms with van der Waals surface area (Å²) in [6, 6.07) is 34.4. The molecule has 0 saturated carbocycles. The van der Waals surface area contributed by atoms with Crippen molar-refractivity contribution in [3.8, 4) is 0 Å². The lowest BCUT2D eigenvalue weighted by molar-refractivity contribution is 1.42. The van der Waals surface area contributed by atoms with Crippen LogP contribution in [0.1, 0.15) is 0 Å². The summed E-state index contributed by atoms with van der Waals surface area (Å²) in [5, 5.41) is 9.63. The van der Waals surface area contributed by atoms with Crippen LogP contribution in [0.5, 0.6) is 0 Å². The zero-order valence-corrected chi connectivity index (χ0v) is 16.1. The van der Waals surface area contributed by atoms with E-state index in [-0.39, 0.29) is 0 Å². The summed E-state index contributed by atoms with van der Waals surface area (Å²) in [4.78, 5) is 10.2. The first-order chi connectivity index (χ1) is 14.8. The summed E-state index contributed by atoms with van der Waals surface area (Å²) < 4.78 is 0. The molecule has 138 valence electrons. The van der Waals surface area contributed by atoms with Crippen molar-refractivity contribution >= 4 is 65.2 Å². The van der Waals surface area contributed by atoms with Crippen molar-refractivity contribution in [2.24, 2.45) is 0 Å². The summed E-state index contributed by atoms with van der Waals surface area (Å²) in [6.07, 6.45) is 0. The second-order valence-corrected chi connectivity index (χ2v) is 7.93. The molecule has 1 aromatic heterocycles. The Bertz CT molecular complexity index is 1670. The third-order valence-corrected chi connectivity index (χ3v) is 6.14. The topological polar surface area (TPSA) is 25.8 Å². The van der Waals surface area contributed by atoms with E-state index in [2.05, 4.69) is 97.1 Å². The minimum atomic E-state index is 0.936. The quantitative estimate of drug-likeness (QED) is 0.202. The van der Waals surface area contributed by atoms with Gasteiger partial charge in [-0.05, 0) is 68.7 Å². The van der Waals surface area contributed by atoms with Gasteiger partial charge in [-0.15, -0.1) is 0 Å². The van der Waals surface area contributed by atoms with Crippen LogP contribution in [0.4, 0.5) is 0 Å². The molecular weight excluding hydrogens is 364 g/mol. The Balaban J connectivity index is 1.66. The van der Waals surface area contributed by atoms with E-state index in [4.69, 9.17) is 9.97 Å². The van der Waals surface area contributed by atoms with E-state index in [1.54, 1.807) is 0 Å². The highest BCUT2D eigenvalue weighted by Gasteiger charge is 2.10. The van der Waals surface area contributed by atoms with Gasteiger partial charge in [-0.25, -0.2) is 9.97 Å². The van der Waals surface area contributed by atoms with Crippen LogP contribution >= 0.6 is 0 Å². The number of rotatable bonds is 0. The Morgan fingerprint density at radius 1 is 0.367 bits per heavy atom. The minimum Gasteiger partial charge on any atom is -0.244 e. The number of benzene rings is 6. The Morgan fingerprint density at radius 3 is 1.27 bits per heavy atom. The number of nitrogens with zero attached hydrogens (tertiary/aromatic N) is 2. The maximum atomic E-state index is 5.19. The Kier molecular flexibility index (Phi) is 3.03. The summed E-state index contributed by atoms with van der Waals surface area (Å²) in [5.41, 5.74) is 3.80. The third-order valence-electron chi connectivity index (χ3n) is 6.14. The van der Waals surface area contributed by atoms with Gasteiger partial charge < -0.3 is 0 Å². The summed E-state index contributed by atoms with van der Waals surface area (Å²) in [6.45, 7) is 0. The standard InChI is InChI=1S/C28H16N2/c1-3-7-19-15-23-21(13-17(19)5-1)9-11-25-27(23)30-28-24-16-20-8-4-2-6-18(20)14-22(24)10-12-26(28)29-25/h1-16H. The summed E-state index contributed by atoms with van der Waals surface area (Å²) in [7, 11) is 0. The Labute approximate surface area is 172 Å². The lowest BCUT2D eigenvalue weighted by Crippen LogP contribution is -1.91. The fourth-order valence-corrected chi connectivity index (χ4v) is 4.63. The van der Waals surface area contributed by atoms with Gasteiger partial charge in [-0.1, -0.05) is 60.7 Å². The average Bonchev–Trinajstić information content (AvgIpc) is 2.80. The second-order valence-electron chi connectivity index (χ2n) is 7.93. The molecule has 0 spiro atoms. The number of fused-ring (bicyclic) bond motifs is 8. The normalized spacial score (nSPS) is 12.0. The number of hydrogen-bond donors (Lipinski definition) is 0. The molecular formula is C28H16N2. The van der Waals surface area contributed by atoms with Crippen LogP contribution in [0.2, 0.25) is 0 Å². The van der Waals surface area contributed by atoms with Gasteiger partial charge in [0.1, 0.15) is 0 Å². The smallest absolute Gasteiger partial charge is 0.0973 e. The average molecular weight is 380 g/mol. The first-order valence-electron chi connectivity index (χ1n) is 10.2. The van der Waals surface area contributed by atoms with Gasteiger partial charge in [0.25, 0.3) is 0 Å². The minimum absolute atomic E-state index is 0.936. The molecule has 0 atom stereocenters.